The second-order valence-corrected chi connectivity index (χ2v) is 9.43. The van der Waals surface area contributed by atoms with Gasteiger partial charge in [0.1, 0.15) is 0 Å². The Morgan fingerprint density at radius 3 is 2.50 bits per heavy atom. The molecule has 0 bridgehead atoms. The Balaban J connectivity index is 1.30. The van der Waals surface area contributed by atoms with E-state index < -0.39 is 10.0 Å². The number of nitrogens with one attached hydrogen (secondary N) is 1. The Hall–Kier alpha value is -3.26. The van der Waals surface area contributed by atoms with Crippen molar-refractivity contribution in [3.63, 3.8) is 0 Å². The molecule has 0 aromatic heterocycles. The fourth-order valence-corrected chi connectivity index (χ4v) is 5.80. The van der Waals surface area contributed by atoms with Crippen molar-refractivity contribution in [1.82, 2.24) is 5.32 Å². The Labute approximate surface area is 188 Å². The molecule has 0 saturated heterocycles. The van der Waals surface area contributed by atoms with E-state index >= 15 is 0 Å². The molecule has 0 aliphatic carbocycles. The van der Waals surface area contributed by atoms with E-state index in [0.29, 0.717) is 41.5 Å². The molecule has 1 N–H and O–H groups in total. The topological polar surface area (TPSA) is 84.9 Å². The molecule has 168 valence electrons. The van der Waals surface area contributed by atoms with Gasteiger partial charge in [-0.15, -0.1) is 0 Å². The summed E-state index contributed by atoms with van der Waals surface area (Å²) in [5, 5.41) is 4.56. The quantitative estimate of drug-likeness (QED) is 0.535. The van der Waals surface area contributed by atoms with Crippen molar-refractivity contribution in [2.45, 2.75) is 24.2 Å². The summed E-state index contributed by atoms with van der Waals surface area (Å²) < 4.78 is 37.9. The predicted octanol–water partition coefficient (Wildman–Crippen LogP) is 3.50. The molecule has 1 amide bonds. The van der Waals surface area contributed by atoms with Gasteiger partial charge in [-0.3, -0.25) is 9.10 Å². The molecule has 1 aliphatic rings. The molecule has 0 atom stereocenters. The number of anilines is 1. The number of methoxy groups -OCH3 is 2. The van der Waals surface area contributed by atoms with Crippen LogP contribution in [-0.4, -0.2) is 41.6 Å². The van der Waals surface area contributed by atoms with E-state index in [9.17, 15) is 13.2 Å². The predicted molar refractivity (Wildman–Crippen MR) is 124 cm³/mol. The average molecular weight is 455 g/mol. The standard InChI is InChI=1S/C24H26N2O5S/c1-30-20-12-11-17(16-21(20)31-2)13-14-25-23(27)10-5-15-26-19-8-3-6-18-7-4-9-22(24(18)19)32(26,28)29/h3-4,6-9,11-12,16H,5,10,13-15H2,1-2H3,(H,25,27). The molecule has 3 aromatic rings. The molecule has 7 nitrogen and oxygen atoms in total. The smallest absolute Gasteiger partial charge is 0.265 e. The van der Waals surface area contributed by atoms with E-state index in [1.54, 1.807) is 26.4 Å². The summed E-state index contributed by atoms with van der Waals surface area (Å²) in [6, 6.07) is 16.6. The molecule has 0 fully saturated rings. The van der Waals surface area contributed by atoms with E-state index in [-0.39, 0.29) is 18.9 Å². The minimum absolute atomic E-state index is 0.0993. The molecule has 4 rings (SSSR count). The van der Waals surface area contributed by atoms with Crippen molar-refractivity contribution < 1.29 is 22.7 Å². The van der Waals surface area contributed by atoms with Crippen molar-refractivity contribution in [1.29, 1.82) is 0 Å². The highest BCUT2D eigenvalue weighted by Gasteiger charge is 2.34. The van der Waals surface area contributed by atoms with Crippen LogP contribution in [0.5, 0.6) is 11.5 Å². The lowest BCUT2D eigenvalue weighted by molar-refractivity contribution is -0.121. The van der Waals surface area contributed by atoms with Crippen LogP contribution in [0.25, 0.3) is 10.8 Å². The zero-order chi connectivity index (χ0) is 22.7. The third-order valence-electron chi connectivity index (χ3n) is 5.63. The van der Waals surface area contributed by atoms with Crippen molar-refractivity contribution in [3.05, 3.63) is 60.2 Å². The van der Waals surface area contributed by atoms with Crippen LogP contribution in [0.3, 0.4) is 0 Å². The maximum atomic E-state index is 13.0. The van der Waals surface area contributed by atoms with E-state index in [1.165, 1.54) is 4.31 Å². The van der Waals surface area contributed by atoms with Gasteiger partial charge < -0.3 is 14.8 Å². The molecule has 0 saturated carbocycles. The van der Waals surface area contributed by atoms with Gasteiger partial charge in [0.05, 0.1) is 24.8 Å². The van der Waals surface area contributed by atoms with Gasteiger partial charge in [-0.05, 0) is 48.1 Å². The first-order chi connectivity index (χ1) is 15.5. The van der Waals surface area contributed by atoms with Crippen LogP contribution in [0.4, 0.5) is 5.69 Å². The molecular weight excluding hydrogens is 428 g/mol. The number of carbonyl (C=O) groups is 1. The first-order valence-electron chi connectivity index (χ1n) is 10.5. The summed E-state index contributed by atoms with van der Waals surface area (Å²) in [5.41, 5.74) is 1.71. The number of carbonyl (C=O) groups excluding carboxylic acids is 1. The number of sulfonamides is 1. The minimum atomic E-state index is -3.58. The third kappa shape index (κ3) is 4.10. The lowest BCUT2D eigenvalue weighted by Gasteiger charge is -2.18. The minimum Gasteiger partial charge on any atom is -0.493 e. The van der Waals surface area contributed by atoms with Crippen LogP contribution in [0, 0.1) is 0 Å². The number of ether oxygens (including phenoxy) is 2. The third-order valence-corrected chi connectivity index (χ3v) is 7.49. The summed E-state index contributed by atoms with van der Waals surface area (Å²) in [6.45, 7) is 0.750. The number of hydrogen-bond donors (Lipinski definition) is 1. The first-order valence-corrected chi connectivity index (χ1v) is 11.9. The molecule has 32 heavy (non-hydrogen) atoms. The summed E-state index contributed by atoms with van der Waals surface area (Å²) in [6.07, 6.45) is 1.35. The molecular formula is C24H26N2O5S. The van der Waals surface area contributed by atoms with E-state index in [4.69, 9.17) is 9.47 Å². The summed E-state index contributed by atoms with van der Waals surface area (Å²) >= 11 is 0. The van der Waals surface area contributed by atoms with E-state index in [0.717, 1.165) is 16.3 Å². The highest BCUT2D eigenvalue weighted by atomic mass is 32.2. The highest BCUT2D eigenvalue weighted by molar-refractivity contribution is 7.93. The van der Waals surface area contributed by atoms with Gasteiger partial charge in [0, 0.05) is 24.9 Å². The largest absolute Gasteiger partial charge is 0.493 e. The Morgan fingerprint density at radius 2 is 1.75 bits per heavy atom. The number of benzene rings is 3. The molecule has 8 heteroatoms. The zero-order valence-corrected chi connectivity index (χ0v) is 18.9. The van der Waals surface area contributed by atoms with Gasteiger partial charge in [-0.1, -0.05) is 30.3 Å². The SMILES string of the molecule is COc1ccc(CCNC(=O)CCCN2c3cccc4cccc(c34)S2(=O)=O)cc1OC. The maximum Gasteiger partial charge on any atom is 0.265 e. The van der Waals surface area contributed by atoms with E-state index in [2.05, 4.69) is 5.32 Å². The normalized spacial score (nSPS) is 13.9. The van der Waals surface area contributed by atoms with Gasteiger partial charge in [-0.25, -0.2) is 8.42 Å². The number of amides is 1. The van der Waals surface area contributed by atoms with Crippen LogP contribution in [-0.2, 0) is 21.2 Å². The van der Waals surface area contributed by atoms with Crippen LogP contribution in [0.2, 0.25) is 0 Å². The first kappa shape index (κ1) is 22.0. The highest BCUT2D eigenvalue weighted by Crippen LogP contribution is 2.41. The molecule has 3 aromatic carbocycles. The Bertz CT molecular complexity index is 1250. The van der Waals surface area contributed by atoms with Crippen molar-refractivity contribution >= 4 is 32.4 Å². The van der Waals surface area contributed by atoms with Crippen molar-refractivity contribution in [2.24, 2.45) is 0 Å². The molecule has 0 radical (unpaired) electrons. The van der Waals surface area contributed by atoms with Crippen molar-refractivity contribution in [3.8, 4) is 11.5 Å². The van der Waals surface area contributed by atoms with Gasteiger partial charge in [0.15, 0.2) is 11.5 Å². The Kier molecular flexibility index (Phi) is 6.23. The fraction of sp³-hybridized carbons (Fsp3) is 0.292. The fourth-order valence-electron chi connectivity index (χ4n) is 4.05. The van der Waals surface area contributed by atoms with Crippen LogP contribution in [0.1, 0.15) is 18.4 Å². The lowest BCUT2D eigenvalue weighted by Crippen LogP contribution is -2.30. The van der Waals surface area contributed by atoms with Crippen LogP contribution < -0.4 is 19.1 Å². The van der Waals surface area contributed by atoms with Gasteiger partial charge >= 0.3 is 0 Å². The average Bonchev–Trinajstić information content (AvgIpc) is 3.02. The van der Waals surface area contributed by atoms with Gasteiger partial charge in [0.2, 0.25) is 5.91 Å². The second kappa shape index (κ2) is 9.08. The summed E-state index contributed by atoms with van der Waals surface area (Å²) in [7, 11) is -0.408. The maximum absolute atomic E-state index is 13.0. The number of nitrogens with zero attached hydrogens (tertiary/aromatic N) is 1. The Morgan fingerprint density at radius 1 is 1.00 bits per heavy atom. The molecule has 1 aliphatic heterocycles. The van der Waals surface area contributed by atoms with Crippen molar-refractivity contribution in [2.75, 3.05) is 31.6 Å². The van der Waals surface area contributed by atoms with Gasteiger partial charge in [-0.2, -0.15) is 0 Å². The number of rotatable bonds is 9. The van der Waals surface area contributed by atoms with E-state index in [1.807, 2.05) is 42.5 Å². The lowest BCUT2D eigenvalue weighted by atomic mass is 10.1. The molecule has 1 heterocycles. The zero-order valence-electron chi connectivity index (χ0n) is 18.1. The number of hydrogen-bond acceptors (Lipinski definition) is 5. The second-order valence-electron chi connectivity index (χ2n) is 7.60. The molecule has 0 spiro atoms. The molecule has 0 unspecified atom stereocenters. The van der Waals surface area contributed by atoms with Crippen LogP contribution in [0.15, 0.2) is 59.5 Å². The van der Waals surface area contributed by atoms with Gasteiger partial charge in [0.25, 0.3) is 10.0 Å². The monoisotopic (exact) mass is 454 g/mol. The summed E-state index contributed by atoms with van der Waals surface area (Å²) in [4.78, 5) is 12.6. The van der Waals surface area contributed by atoms with Crippen LogP contribution >= 0.6 is 0 Å². The summed E-state index contributed by atoms with van der Waals surface area (Å²) in [5.74, 6) is 1.21.